The molecule has 0 saturated carbocycles. The summed E-state index contributed by atoms with van der Waals surface area (Å²) >= 11 is 0. The lowest BCUT2D eigenvalue weighted by atomic mass is 10.0. The molecule has 0 fully saturated rings. The zero-order valence-corrected chi connectivity index (χ0v) is 15.4. The van der Waals surface area contributed by atoms with Crippen molar-refractivity contribution >= 4 is 8.32 Å². The van der Waals surface area contributed by atoms with Crippen LogP contribution in [0.1, 0.15) is 73.1 Å². The fourth-order valence-corrected chi connectivity index (χ4v) is 3.35. The zero-order valence-electron chi connectivity index (χ0n) is 14.4. The molecule has 0 aliphatic rings. The Hall–Kier alpha value is 0.137. The number of hydrogen-bond acceptors (Lipinski definition) is 2. The molecule has 2 atom stereocenters. The molecule has 0 aromatic heterocycles. The van der Waals surface area contributed by atoms with Gasteiger partial charge in [-0.05, 0) is 31.0 Å². The van der Waals surface area contributed by atoms with Gasteiger partial charge >= 0.3 is 0 Å². The molecule has 0 saturated heterocycles. The van der Waals surface area contributed by atoms with E-state index in [2.05, 4.69) is 47.7 Å². The highest BCUT2D eigenvalue weighted by Gasteiger charge is 2.39. The molecule has 0 bridgehead atoms. The van der Waals surface area contributed by atoms with E-state index >= 15 is 0 Å². The second-order valence-electron chi connectivity index (χ2n) is 7.36. The molecule has 0 heterocycles. The quantitative estimate of drug-likeness (QED) is 0.600. The Bertz CT molecular complexity index is 235. The molecule has 0 unspecified atom stereocenters. The number of rotatable bonds is 9. The second-order valence-corrected chi connectivity index (χ2v) is 12.1. The van der Waals surface area contributed by atoms with Crippen molar-refractivity contribution in [3.63, 3.8) is 0 Å². The monoisotopic (exact) mass is 287 g/mol. The Balaban J connectivity index is 4.66. The van der Waals surface area contributed by atoms with Gasteiger partial charge in [-0.2, -0.15) is 0 Å². The number of nitrogens with two attached hydrogens (primary N) is 1. The first-order chi connectivity index (χ1) is 8.65. The SMILES string of the molecule is CCCC[C@H](N)[C@@H](CCCC)O[Si](C)(C)C(C)(C)C. The van der Waals surface area contributed by atoms with Crippen LogP contribution < -0.4 is 5.73 Å². The van der Waals surface area contributed by atoms with E-state index in [9.17, 15) is 0 Å². The standard InChI is InChI=1S/C16H37NOSi/c1-8-10-12-14(17)15(13-11-9-2)18-19(6,7)16(3,4)5/h14-15H,8-13,17H2,1-7H3/t14-,15+/m0/s1. The summed E-state index contributed by atoms with van der Waals surface area (Å²) in [5.74, 6) is 0. The Morgan fingerprint density at radius 2 is 1.47 bits per heavy atom. The van der Waals surface area contributed by atoms with Crippen LogP contribution in [-0.4, -0.2) is 20.5 Å². The van der Waals surface area contributed by atoms with Gasteiger partial charge in [-0.25, -0.2) is 0 Å². The predicted octanol–water partition coefficient (Wildman–Crippen LogP) is 5.08. The van der Waals surface area contributed by atoms with E-state index in [1.165, 1.54) is 25.7 Å². The van der Waals surface area contributed by atoms with Crippen LogP contribution >= 0.6 is 0 Å². The van der Waals surface area contributed by atoms with Crippen molar-refractivity contribution in [1.29, 1.82) is 0 Å². The van der Waals surface area contributed by atoms with E-state index in [0.717, 1.165) is 12.8 Å². The third-order valence-electron chi connectivity index (χ3n) is 4.46. The molecule has 0 aromatic carbocycles. The molecule has 2 N–H and O–H groups in total. The van der Waals surface area contributed by atoms with Gasteiger partial charge in [-0.15, -0.1) is 0 Å². The van der Waals surface area contributed by atoms with Crippen molar-refractivity contribution in [2.75, 3.05) is 0 Å². The van der Waals surface area contributed by atoms with E-state index in [4.69, 9.17) is 10.2 Å². The molecular formula is C16H37NOSi. The van der Waals surface area contributed by atoms with Crippen LogP contribution in [0.15, 0.2) is 0 Å². The first-order valence-corrected chi connectivity index (χ1v) is 11.0. The van der Waals surface area contributed by atoms with Crippen LogP contribution in [0.4, 0.5) is 0 Å². The van der Waals surface area contributed by atoms with Crippen molar-refractivity contribution in [3.05, 3.63) is 0 Å². The highest BCUT2D eigenvalue weighted by atomic mass is 28.4. The summed E-state index contributed by atoms with van der Waals surface area (Å²) in [7, 11) is -1.70. The van der Waals surface area contributed by atoms with Crippen molar-refractivity contribution in [2.45, 2.75) is 103 Å². The summed E-state index contributed by atoms with van der Waals surface area (Å²) in [6, 6.07) is 0.209. The van der Waals surface area contributed by atoms with Gasteiger partial charge in [0, 0.05) is 6.04 Å². The number of unbranched alkanes of at least 4 members (excludes halogenated alkanes) is 2. The van der Waals surface area contributed by atoms with Crippen molar-refractivity contribution < 1.29 is 4.43 Å². The van der Waals surface area contributed by atoms with Crippen LogP contribution in [-0.2, 0) is 4.43 Å². The summed E-state index contributed by atoms with van der Waals surface area (Å²) in [5, 5.41) is 0.266. The Morgan fingerprint density at radius 1 is 1.00 bits per heavy atom. The normalized spacial score (nSPS) is 16.4. The zero-order chi connectivity index (χ0) is 15.1. The van der Waals surface area contributed by atoms with E-state index < -0.39 is 8.32 Å². The van der Waals surface area contributed by atoms with Gasteiger partial charge in [-0.3, -0.25) is 0 Å². The second kappa shape index (κ2) is 8.43. The summed E-state index contributed by atoms with van der Waals surface area (Å²) in [4.78, 5) is 0. The largest absolute Gasteiger partial charge is 0.412 e. The van der Waals surface area contributed by atoms with Gasteiger partial charge in [0.1, 0.15) is 0 Å². The maximum Gasteiger partial charge on any atom is 0.192 e. The van der Waals surface area contributed by atoms with Crippen LogP contribution in [0.2, 0.25) is 18.1 Å². The summed E-state index contributed by atoms with van der Waals surface area (Å²) in [6.07, 6.45) is 7.34. The third kappa shape index (κ3) is 6.91. The average molecular weight is 288 g/mol. The Morgan fingerprint density at radius 3 is 1.89 bits per heavy atom. The van der Waals surface area contributed by atoms with Gasteiger partial charge in [0.2, 0.25) is 0 Å². The topological polar surface area (TPSA) is 35.2 Å². The van der Waals surface area contributed by atoms with Crippen molar-refractivity contribution in [3.8, 4) is 0 Å². The molecular weight excluding hydrogens is 250 g/mol. The highest BCUT2D eigenvalue weighted by Crippen LogP contribution is 2.38. The Labute approximate surface area is 122 Å². The van der Waals surface area contributed by atoms with Crippen molar-refractivity contribution in [2.24, 2.45) is 5.73 Å². The van der Waals surface area contributed by atoms with Gasteiger partial charge in [0.25, 0.3) is 0 Å². The minimum atomic E-state index is -1.70. The maximum atomic E-state index is 6.58. The van der Waals surface area contributed by atoms with Crippen LogP contribution in [0.3, 0.4) is 0 Å². The molecule has 116 valence electrons. The van der Waals surface area contributed by atoms with E-state index in [0.29, 0.717) is 0 Å². The minimum Gasteiger partial charge on any atom is -0.412 e. The summed E-state index contributed by atoms with van der Waals surface area (Å²) < 4.78 is 6.58. The van der Waals surface area contributed by atoms with Gasteiger partial charge in [-0.1, -0.05) is 60.3 Å². The average Bonchev–Trinajstić information content (AvgIpc) is 2.29. The fourth-order valence-electron chi connectivity index (χ4n) is 1.95. The van der Waals surface area contributed by atoms with E-state index in [-0.39, 0.29) is 17.2 Å². The van der Waals surface area contributed by atoms with Gasteiger partial charge in [0.05, 0.1) is 6.10 Å². The third-order valence-corrected chi connectivity index (χ3v) is 8.97. The number of hydrogen-bond donors (Lipinski definition) is 1. The lowest BCUT2D eigenvalue weighted by Gasteiger charge is -2.41. The molecule has 19 heavy (non-hydrogen) atoms. The molecule has 0 amide bonds. The molecule has 3 heteroatoms. The van der Waals surface area contributed by atoms with Gasteiger partial charge < -0.3 is 10.2 Å². The lowest BCUT2D eigenvalue weighted by molar-refractivity contribution is 0.135. The maximum absolute atomic E-state index is 6.58. The van der Waals surface area contributed by atoms with Crippen LogP contribution in [0, 0.1) is 0 Å². The predicted molar refractivity (Wildman–Crippen MR) is 89.1 cm³/mol. The Kier molecular flexibility index (Phi) is 8.49. The molecule has 0 spiro atoms. The molecule has 0 rings (SSSR count). The fraction of sp³-hybridized carbons (Fsp3) is 1.00. The summed E-state index contributed by atoms with van der Waals surface area (Å²) in [5.41, 5.74) is 6.39. The molecule has 0 aliphatic heterocycles. The molecule has 0 radical (unpaired) electrons. The molecule has 0 aliphatic carbocycles. The van der Waals surface area contributed by atoms with E-state index in [1.54, 1.807) is 0 Å². The van der Waals surface area contributed by atoms with Crippen molar-refractivity contribution in [1.82, 2.24) is 0 Å². The summed E-state index contributed by atoms with van der Waals surface area (Å²) in [6.45, 7) is 16.0. The highest BCUT2D eigenvalue weighted by molar-refractivity contribution is 6.74. The lowest BCUT2D eigenvalue weighted by Crippen LogP contribution is -2.49. The minimum absolute atomic E-state index is 0.209. The van der Waals surface area contributed by atoms with Crippen LogP contribution in [0.5, 0.6) is 0 Å². The molecule has 2 nitrogen and oxygen atoms in total. The van der Waals surface area contributed by atoms with Crippen LogP contribution in [0.25, 0.3) is 0 Å². The van der Waals surface area contributed by atoms with Gasteiger partial charge in [0.15, 0.2) is 8.32 Å². The smallest absolute Gasteiger partial charge is 0.192 e. The first kappa shape index (κ1) is 19.1. The molecule has 0 aromatic rings. The van der Waals surface area contributed by atoms with E-state index in [1.807, 2.05) is 0 Å². The first-order valence-electron chi connectivity index (χ1n) is 8.09.